The van der Waals surface area contributed by atoms with Crippen molar-refractivity contribution in [2.24, 2.45) is 5.92 Å². The van der Waals surface area contributed by atoms with Crippen molar-refractivity contribution in [2.75, 3.05) is 25.0 Å². The molecule has 6 nitrogen and oxygen atoms in total. The molecule has 2 N–H and O–H groups in total. The van der Waals surface area contributed by atoms with E-state index in [9.17, 15) is 27.2 Å². The van der Waals surface area contributed by atoms with E-state index in [1.54, 1.807) is 0 Å². The van der Waals surface area contributed by atoms with Crippen molar-refractivity contribution >= 4 is 17.7 Å². The minimum Gasteiger partial charge on any atom is -0.491 e. The maximum Gasteiger partial charge on any atom is 0.392 e. The molecule has 1 aromatic rings. The SMILES string of the molecule is O=C(O)C1CCN(C(=O)Nc2ccc(F)cc2OCCC(F)(F)F)CC1. The first-order valence-corrected chi connectivity index (χ1v) is 7.93. The number of carboxylic acid groups (broad SMARTS) is 1. The van der Waals surface area contributed by atoms with E-state index >= 15 is 0 Å². The Morgan fingerprint density at radius 1 is 1.27 bits per heavy atom. The average molecular weight is 378 g/mol. The van der Waals surface area contributed by atoms with Crippen molar-refractivity contribution in [3.8, 4) is 5.75 Å². The maximum absolute atomic E-state index is 13.3. The number of piperidine rings is 1. The fraction of sp³-hybridized carbons (Fsp3) is 0.500. The molecule has 10 heteroatoms. The van der Waals surface area contributed by atoms with E-state index in [0.29, 0.717) is 12.8 Å². The summed E-state index contributed by atoms with van der Waals surface area (Å²) in [6.45, 7) is -0.248. The molecular formula is C16H18F4N2O4. The third-order valence-electron chi connectivity index (χ3n) is 3.96. The molecule has 0 bridgehead atoms. The number of ether oxygens (including phenoxy) is 1. The van der Waals surface area contributed by atoms with Crippen LogP contribution in [0, 0.1) is 11.7 Å². The highest BCUT2D eigenvalue weighted by Crippen LogP contribution is 2.28. The standard InChI is InChI=1S/C16H18F4N2O4/c17-11-1-2-12(13(9-11)26-8-5-16(18,19)20)21-15(25)22-6-3-10(4-7-22)14(23)24/h1-2,9-10H,3-8H2,(H,21,25)(H,23,24). The van der Waals surface area contributed by atoms with Crippen molar-refractivity contribution in [3.05, 3.63) is 24.0 Å². The lowest BCUT2D eigenvalue weighted by atomic mass is 9.97. The van der Waals surface area contributed by atoms with Crippen LogP contribution in [0.3, 0.4) is 0 Å². The molecule has 0 radical (unpaired) electrons. The van der Waals surface area contributed by atoms with Gasteiger partial charge in [-0.05, 0) is 25.0 Å². The summed E-state index contributed by atoms with van der Waals surface area (Å²) in [7, 11) is 0. The number of nitrogens with one attached hydrogen (secondary N) is 1. The minimum absolute atomic E-state index is 0.0407. The summed E-state index contributed by atoms with van der Waals surface area (Å²) in [5, 5.41) is 11.4. The van der Waals surface area contributed by atoms with Gasteiger partial charge in [0.05, 0.1) is 24.6 Å². The molecule has 144 valence electrons. The van der Waals surface area contributed by atoms with Gasteiger partial charge in [-0.15, -0.1) is 0 Å². The first-order valence-electron chi connectivity index (χ1n) is 7.93. The predicted octanol–water partition coefficient (Wildman–Crippen LogP) is 3.49. The predicted molar refractivity (Wildman–Crippen MR) is 83.5 cm³/mol. The summed E-state index contributed by atoms with van der Waals surface area (Å²) in [5.41, 5.74) is 0.0407. The number of carbonyl (C=O) groups is 2. The topological polar surface area (TPSA) is 78.9 Å². The Bertz CT molecular complexity index is 658. The molecule has 1 heterocycles. The van der Waals surface area contributed by atoms with Crippen LogP contribution >= 0.6 is 0 Å². The molecule has 2 amide bonds. The van der Waals surface area contributed by atoms with Crippen molar-refractivity contribution in [3.63, 3.8) is 0 Å². The molecule has 1 aliphatic heterocycles. The molecule has 2 rings (SSSR count). The summed E-state index contributed by atoms with van der Waals surface area (Å²) >= 11 is 0. The van der Waals surface area contributed by atoms with Crippen LogP contribution in [0.2, 0.25) is 0 Å². The van der Waals surface area contributed by atoms with Gasteiger partial charge >= 0.3 is 18.2 Å². The third kappa shape index (κ3) is 5.78. The number of hydrogen-bond acceptors (Lipinski definition) is 3. The second-order valence-electron chi connectivity index (χ2n) is 5.88. The van der Waals surface area contributed by atoms with Gasteiger partial charge in [0, 0.05) is 19.2 Å². The van der Waals surface area contributed by atoms with Gasteiger partial charge in [0.1, 0.15) is 11.6 Å². The smallest absolute Gasteiger partial charge is 0.392 e. The Hall–Kier alpha value is -2.52. The minimum atomic E-state index is -4.41. The van der Waals surface area contributed by atoms with Crippen LogP contribution in [0.25, 0.3) is 0 Å². The van der Waals surface area contributed by atoms with E-state index in [1.165, 1.54) is 11.0 Å². The lowest BCUT2D eigenvalue weighted by Gasteiger charge is -2.30. The largest absolute Gasteiger partial charge is 0.491 e. The summed E-state index contributed by atoms with van der Waals surface area (Å²) < 4.78 is 54.9. The van der Waals surface area contributed by atoms with Crippen LogP contribution in [0.5, 0.6) is 5.75 Å². The number of alkyl halides is 3. The molecule has 1 fully saturated rings. The second kappa shape index (κ2) is 8.24. The zero-order valence-electron chi connectivity index (χ0n) is 13.7. The van der Waals surface area contributed by atoms with E-state index in [-0.39, 0.29) is 24.5 Å². The van der Waals surface area contributed by atoms with Gasteiger partial charge in [-0.3, -0.25) is 4.79 Å². The monoisotopic (exact) mass is 378 g/mol. The van der Waals surface area contributed by atoms with Crippen LogP contribution in [-0.2, 0) is 4.79 Å². The number of carboxylic acids is 1. The lowest BCUT2D eigenvalue weighted by molar-refractivity contribution is -0.143. The zero-order valence-corrected chi connectivity index (χ0v) is 13.7. The van der Waals surface area contributed by atoms with Crippen LogP contribution < -0.4 is 10.1 Å². The number of likely N-dealkylation sites (tertiary alicyclic amines) is 1. The fourth-order valence-electron chi connectivity index (χ4n) is 2.52. The summed E-state index contributed by atoms with van der Waals surface area (Å²) in [6, 6.07) is 2.58. The molecule has 0 atom stereocenters. The Kier molecular flexibility index (Phi) is 6.27. The zero-order chi connectivity index (χ0) is 19.3. The van der Waals surface area contributed by atoms with Crippen LogP contribution in [0.15, 0.2) is 18.2 Å². The van der Waals surface area contributed by atoms with E-state index < -0.39 is 42.9 Å². The van der Waals surface area contributed by atoms with Crippen molar-refractivity contribution in [1.29, 1.82) is 0 Å². The molecule has 0 unspecified atom stereocenters. The van der Waals surface area contributed by atoms with Crippen LogP contribution in [0.1, 0.15) is 19.3 Å². The van der Waals surface area contributed by atoms with Gasteiger partial charge in [-0.25, -0.2) is 9.18 Å². The quantitative estimate of drug-likeness (QED) is 0.769. The van der Waals surface area contributed by atoms with Crippen LogP contribution in [-0.4, -0.2) is 47.9 Å². The van der Waals surface area contributed by atoms with Crippen LogP contribution in [0.4, 0.5) is 28.0 Å². The number of benzene rings is 1. The van der Waals surface area contributed by atoms with Crippen molar-refractivity contribution in [1.82, 2.24) is 4.90 Å². The Labute approximate surface area is 146 Å². The second-order valence-corrected chi connectivity index (χ2v) is 5.88. The molecule has 0 aromatic heterocycles. The molecule has 0 saturated carbocycles. The van der Waals surface area contributed by atoms with Crippen molar-refractivity contribution in [2.45, 2.75) is 25.4 Å². The highest BCUT2D eigenvalue weighted by Gasteiger charge is 2.28. The van der Waals surface area contributed by atoms with E-state index in [1.807, 2.05) is 0 Å². The molecule has 1 aromatic carbocycles. The third-order valence-corrected chi connectivity index (χ3v) is 3.96. The number of anilines is 1. The molecule has 0 aliphatic carbocycles. The lowest BCUT2D eigenvalue weighted by Crippen LogP contribution is -2.42. The van der Waals surface area contributed by atoms with E-state index in [4.69, 9.17) is 9.84 Å². The van der Waals surface area contributed by atoms with Crippen molar-refractivity contribution < 1.29 is 37.0 Å². The first-order chi connectivity index (χ1) is 12.2. The van der Waals surface area contributed by atoms with Gasteiger partial charge in [-0.2, -0.15) is 13.2 Å². The molecule has 1 aliphatic rings. The number of carbonyl (C=O) groups excluding carboxylic acids is 1. The van der Waals surface area contributed by atoms with Gasteiger partial charge in [0.2, 0.25) is 0 Å². The maximum atomic E-state index is 13.3. The number of amides is 2. The number of rotatable bonds is 5. The Balaban J connectivity index is 1.97. The fourth-order valence-corrected chi connectivity index (χ4v) is 2.52. The van der Waals surface area contributed by atoms with E-state index in [0.717, 1.165) is 12.1 Å². The molecule has 1 saturated heterocycles. The summed E-state index contributed by atoms with van der Waals surface area (Å²) in [5.74, 6) is -2.34. The first kappa shape index (κ1) is 19.8. The average Bonchev–Trinajstić information content (AvgIpc) is 2.56. The highest BCUT2D eigenvalue weighted by molar-refractivity contribution is 5.91. The van der Waals surface area contributed by atoms with Gasteiger partial charge in [-0.1, -0.05) is 0 Å². The summed E-state index contributed by atoms with van der Waals surface area (Å²) in [6.07, 6.45) is -5.01. The Morgan fingerprint density at radius 3 is 2.50 bits per heavy atom. The van der Waals surface area contributed by atoms with Gasteiger partial charge < -0.3 is 20.1 Å². The molecular weight excluding hydrogens is 360 g/mol. The molecule has 0 spiro atoms. The number of hydrogen-bond donors (Lipinski definition) is 2. The highest BCUT2D eigenvalue weighted by atomic mass is 19.4. The van der Waals surface area contributed by atoms with E-state index in [2.05, 4.69) is 5.32 Å². The number of urea groups is 1. The molecule has 26 heavy (non-hydrogen) atoms. The normalized spacial score (nSPS) is 15.6. The van der Waals surface area contributed by atoms with Gasteiger partial charge in [0.15, 0.2) is 0 Å². The summed E-state index contributed by atoms with van der Waals surface area (Å²) in [4.78, 5) is 24.6. The van der Waals surface area contributed by atoms with Gasteiger partial charge in [0.25, 0.3) is 0 Å². The number of nitrogens with zero attached hydrogens (tertiary/aromatic N) is 1. The Morgan fingerprint density at radius 2 is 1.92 bits per heavy atom. The number of aliphatic carboxylic acids is 1. The number of halogens is 4.